The summed E-state index contributed by atoms with van der Waals surface area (Å²) in [5, 5.41) is 16.1. The van der Waals surface area contributed by atoms with Gasteiger partial charge in [0.2, 0.25) is 0 Å². The monoisotopic (exact) mass is 226 g/mol. The third kappa shape index (κ3) is 1.05. The van der Waals surface area contributed by atoms with Crippen LogP contribution < -0.4 is 0 Å². The molecule has 1 radical (unpaired) electrons. The molecule has 0 aliphatic heterocycles. The topological polar surface area (TPSA) is 23.8 Å². The van der Waals surface area contributed by atoms with Crippen molar-refractivity contribution < 1.29 is 0 Å². The summed E-state index contributed by atoms with van der Waals surface area (Å²) < 4.78 is 0. The molecule has 4 aromatic carbocycles. The van der Waals surface area contributed by atoms with E-state index in [1.807, 2.05) is 30.3 Å². The molecule has 0 aliphatic carbocycles. The van der Waals surface area contributed by atoms with Crippen molar-refractivity contribution in [1.82, 2.24) is 0 Å². The van der Waals surface area contributed by atoms with Crippen molar-refractivity contribution in [2.24, 2.45) is 0 Å². The van der Waals surface area contributed by atoms with Crippen molar-refractivity contribution in [1.29, 1.82) is 5.26 Å². The lowest BCUT2D eigenvalue weighted by molar-refractivity contribution is 1.51. The Kier molecular flexibility index (Phi) is 1.68. The summed E-state index contributed by atoms with van der Waals surface area (Å²) in [5.74, 6) is 0. The summed E-state index contributed by atoms with van der Waals surface area (Å²) in [7, 11) is 0. The number of nitriles is 1. The highest BCUT2D eigenvalue weighted by molar-refractivity contribution is 6.23. The quantitative estimate of drug-likeness (QED) is 0.411. The maximum Gasteiger partial charge on any atom is 0.0998 e. The first-order chi connectivity index (χ1) is 8.88. The second-order valence-corrected chi connectivity index (χ2v) is 4.49. The largest absolute Gasteiger partial charge is 0.192 e. The van der Waals surface area contributed by atoms with E-state index < -0.39 is 0 Å². The molecule has 0 bridgehead atoms. The fraction of sp³-hybridized carbons (Fsp3) is 0. The van der Waals surface area contributed by atoms with E-state index in [0.29, 0.717) is 0 Å². The van der Waals surface area contributed by atoms with Crippen LogP contribution in [-0.4, -0.2) is 0 Å². The Labute approximate surface area is 104 Å². The Hall–Kier alpha value is -2.59. The highest BCUT2D eigenvalue weighted by Crippen LogP contribution is 2.35. The molecule has 18 heavy (non-hydrogen) atoms. The number of rotatable bonds is 0. The average Bonchev–Trinajstić information content (AvgIpc) is 2.44. The van der Waals surface area contributed by atoms with Gasteiger partial charge in [-0.15, -0.1) is 0 Å². The van der Waals surface area contributed by atoms with Crippen LogP contribution in [-0.2, 0) is 0 Å². The average molecular weight is 226 g/mol. The smallest absolute Gasteiger partial charge is 0.0998 e. The predicted octanol–water partition coefficient (Wildman–Crippen LogP) is 4.26. The molecular weight excluding hydrogens is 218 g/mol. The minimum Gasteiger partial charge on any atom is -0.192 e. The van der Waals surface area contributed by atoms with Gasteiger partial charge in [-0.25, -0.2) is 0 Å². The van der Waals surface area contributed by atoms with E-state index in [2.05, 4.69) is 30.3 Å². The van der Waals surface area contributed by atoms with Crippen molar-refractivity contribution in [2.45, 2.75) is 0 Å². The first kappa shape index (κ1) is 9.44. The molecule has 4 aromatic rings. The molecule has 0 saturated heterocycles. The Morgan fingerprint density at radius 2 is 1.61 bits per heavy atom. The van der Waals surface area contributed by atoms with Crippen LogP contribution in [0.25, 0.3) is 32.3 Å². The lowest BCUT2D eigenvalue weighted by Crippen LogP contribution is -1.86. The minimum atomic E-state index is 0.737. The van der Waals surface area contributed by atoms with E-state index in [4.69, 9.17) is 0 Å². The zero-order valence-electron chi connectivity index (χ0n) is 9.57. The molecule has 0 aromatic heterocycles. The molecule has 0 heterocycles. The van der Waals surface area contributed by atoms with Crippen LogP contribution in [0.1, 0.15) is 5.56 Å². The first-order valence-corrected chi connectivity index (χ1v) is 5.87. The second-order valence-electron chi connectivity index (χ2n) is 4.49. The Bertz CT molecular complexity index is 913. The summed E-state index contributed by atoms with van der Waals surface area (Å²) in [6, 6.07) is 21.8. The Morgan fingerprint density at radius 1 is 0.833 bits per heavy atom. The van der Waals surface area contributed by atoms with Crippen molar-refractivity contribution >= 4 is 32.3 Å². The minimum absolute atomic E-state index is 0.737. The van der Waals surface area contributed by atoms with Crippen LogP contribution >= 0.6 is 0 Å². The van der Waals surface area contributed by atoms with Gasteiger partial charge in [0.25, 0.3) is 0 Å². The maximum atomic E-state index is 9.21. The van der Waals surface area contributed by atoms with Gasteiger partial charge < -0.3 is 0 Å². The van der Waals surface area contributed by atoms with Gasteiger partial charge in [-0.3, -0.25) is 0 Å². The summed E-state index contributed by atoms with van der Waals surface area (Å²) in [6.45, 7) is 0. The first-order valence-electron chi connectivity index (χ1n) is 5.87. The van der Waals surface area contributed by atoms with E-state index >= 15 is 0 Å². The standard InChI is InChI=1S/C17H8N/c18-10-14-7-6-13-5-4-11-2-1-3-12-8-9-15(14)17(13)16(11)12/h1-2,4-9H. The maximum absolute atomic E-state index is 9.21. The Balaban J connectivity index is 2.45. The van der Waals surface area contributed by atoms with Crippen molar-refractivity contribution in [3.63, 3.8) is 0 Å². The summed E-state index contributed by atoms with van der Waals surface area (Å²) >= 11 is 0. The number of hydrogen-bond donors (Lipinski definition) is 0. The molecule has 0 amide bonds. The third-order valence-electron chi connectivity index (χ3n) is 3.57. The number of hydrogen-bond acceptors (Lipinski definition) is 1. The SMILES string of the molecule is N#Cc1ccc2ccc3cc[c]c4ccc1c2c43. The van der Waals surface area contributed by atoms with E-state index in [0.717, 1.165) is 16.3 Å². The third-order valence-corrected chi connectivity index (χ3v) is 3.57. The van der Waals surface area contributed by atoms with Crippen LogP contribution in [0.5, 0.6) is 0 Å². The molecule has 4 rings (SSSR count). The van der Waals surface area contributed by atoms with Gasteiger partial charge in [-0.2, -0.15) is 5.26 Å². The number of nitrogens with zero attached hydrogens (tertiary/aromatic N) is 1. The summed E-state index contributed by atoms with van der Waals surface area (Å²) in [4.78, 5) is 0. The summed E-state index contributed by atoms with van der Waals surface area (Å²) in [5.41, 5.74) is 0.737. The van der Waals surface area contributed by atoms with Crippen LogP contribution in [0, 0.1) is 17.4 Å². The van der Waals surface area contributed by atoms with Crippen molar-refractivity contribution in [3.05, 3.63) is 60.2 Å². The van der Waals surface area contributed by atoms with E-state index in [1.54, 1.807) is 0 Å². The van der Waals surface area contributed by atoms with Crippen molar-refractivity contribution in [2.75, 3.05) is 0 Å². The molecule has 0 spiro atoms. The predicted molar refractivity (Wildman–Crippen MR) is 73.7 cm³/mol. The number of benzene rings is 4. The van der Waals surface area contributed by atoms with E-state index in [1.165, 1.54) is 21.5 Å². The Morgan fingerprint density at radius 3 is 2.44 bits per heavy atom. The molecular formula is C17H8N. The van der Waals surface area contributed by atoms with Crippen molar-refractivity contribution in [3.8, 4) is 6.07 Å². The van der Waals surface area contributed by atoms with Crippen LogP contribution in [0.15, 0.2) is 48.5 Å². The molecule has 1 nitrogen and oxygen atoms in total. The molecule has 0 unspecified atom stereocenters. The zero-order chi connectivity index (χ0) is 12.1. The molecule has 0 N–H and O–H groups in total. The van der Waals surface area contributed by atoms with Gasteiger partial charge in [0, 0.05) is 5.39 Å². The highest BCUT2D eigenvalue weighted by atomic mass is 14.2. The molecule has 0 atom stereocenters. The highest BCUT2D eigenvalue weighted by Gasteiger charge is 2.09. The molecule has 81 valence electrons. The molecule has 1 heteroatoms. The van der Waals surface area contributed by atoms with Gasteiger partial charge in [-0.1, -0.05) is 42.5 Å². The fourth-order valence-corrected chi connectivity index (χ4v) is 2.75. The van der Waals surface area contributed by atoms with Gasteiger partial charge in [-0.05, 0) is 39.1 Å². The van der Waals surface area contributed by atoms with Gasteiger partial charge in [0.1, 0.15) is 0 Å². The van der Waals surface area contributed by atoms with Gasteiger partial charge in [0.15, 0.2) is 0 Å². The molecule has 0 aliphatic rings. The van der Waals surface area contributed by atoms with Crippen LogP contribution in [0.4, 0.5) is 0 Å². The fourth-order valence-electron chi connectivity index (χ4n) is 2.75. The summed E-state index contributed by atoms with van der Waals surface area (Å²) in [6.07, 6.45) is 0. The van der Waals surface area contributed by atoms with E-state index in [9.17, 15) is 5.26 Å². The van der Waals surface area contributed by atoms with Gasteiger partial charge >= 0.3 is 0 Å². The molecule has 0 saturated carbocycles. The lowest BCUT2D eigenvalue weighted by atomic mass is 9.92. The second kappa shape index (κ2) is 3.21. The normalized spacial score (nSPS) is 11.3. The lowest BCUT2D eigenvalue weighted by Gasteiger charge is -2.10. The van der Waals surface area contributed by atoms with Gasteiger partial charge in [0.05, 0.1) is 11.6 Å². The van der Waals surface area contributed by atoms with E-state index in [-0.39, 0.29) is 0 Å². The molecule has 0 fully saturated rings. The zero-order valence-corrected chi connectivity index (χ0v) is 9.57. The van der Waals surface area contributed by atoms with Crippen LogP contribution in [0.2, 0.25) is 0 Å². The van der Waals surface area contributed by atoms with Crippen LogP contribution in [0.3, 0.4) is 0 Å².